The van der Waals surface area contributed by atoms with Crippen molar-refractivity contribution in [3.05, 3.63) is 71.8 Å². The van der Waals surface area contributed by atoms with E-state index in [0.29, 0.717) is 6.54 Å². The molecule has 0 aliphatic heterocycles. The van der Waals surface area contributed by atoms with E-state index in [-0.39, 0.29) is 12.3 Å². The average molecular weight is 268 g/mol. The second-order valence-corrected chi connectivity index (χ2v) is 4.38. The van der Waals surface area contributed by atoms with Crippen molar-refractivity contribution in [1.29, 1.82) is 0 Å². The molecule has 102 valence electrons. The smallest absolute Gasteiger partial charge is 0.321 e. The van der Waals surface area contributed by atoms with E-state index in [4.69, 9.17) is 0 Å². The number of rotatable bonds is 4. The molecule has 4 nitrogen and oxygen atoms in total. The van der Waals surface area contributed by atoms with Crippen molar-refractivity contribution in [2.75, 3.05) is 0 Å². The molecule has 0 aliphatic rings. The number of urea groups is 1. The Morgan fingerprint density at radius 2 is 1.35 bits per heavy atom. The van der Waals surface area contributed by atoms with E-state index in [0.717, 1.165) is 11.1 Å². The lowest BCUT2D eigenvalue weighted by molar-refractivity contribution is -0.119. The van der Waals surface area contributed by atoms with Gasteiger partial charge in [-0.1, -0.05) is 60.7 Å². The molecule has 4 heteroatoms. The third kappa shape index (κ3) is 4.57. The van der Waals surface area contributed by atoms with Crippen LogP contribution in [0.15, 0.2) is 60.7 Å². The average Bonchev–Trinajstić information content (AvgIpc) is 2.47. The number of carbonyl (C=O) groups excluding carboxylic acids is 2. The van der Waals surface area contributed by atoms with E-state index >= 15 is 0 Å². The largest absolute Gasteiger partial charge is 0.334 e. The van der Waals surface area contributed by atoms with Gasteiger partial charge in [0.15, 0.2) is 0 Å². The van der Waals surface area contributed by atoms with Crippen LogP contribution in [0.3, 0.4) is 0 Å². The quantitative estimate of drug-likeness (QED) is 0.893. The fraction of sp³-hybridized carbons (Fsp3) is 0.125. The fourth-order valence-corrected chi connectivity index (χ4v) is 1.77. The maximum atomic E-state index is 11.7. The van der Waals surface area contributed by atoms with Gasteiger partial charge in [-0.2, -0.15) is 0 Å². The van der Waals surface area contributed by atoms with E-state index in [1.54, 1.807) is 0 Å². The first-order chi connectivity index (χ1) is 9.74. The number of amides is 3. The minimum absolute atomic E-state index is 0.194. The van der Waals surface area contributed by atoms with Crippen LogP contribution < -0.4 is 10.6 Å². The van der Waals surface area contributed by atoms with E-state index in [1.807, 2.05) is 60.7 Å². The lowest BCUT2D eigenvalue weighted by Crippen LogP contribution is -2.39. The summed E-state index contributed by atoms with van der Waals surface area (Å²) in [6.07, 6.45) is 0.194. The molecular weight excluding hydrogens is 252 g/mol. The van der Waals surface area contributed by atoms with Gasteiger partial charge in [0.2, 0.25) is 5.91 Å². The lowest BCUT2D eigenvalue weighted by atomic mass is 10.1. The summed E-state index contributed by atoms with van der Waals surface area (Å²) in [5.74, 6) is -0.318. The highest BCUT2D eigenvalue weighted by Crippen LogP contribution is 1.99. The van der Waals surface area contributed by atoms with Crippen LogP contribution in [0.4, 0.5) is 4.79 Å². The first-order valence-corrected chi connectivity index (χ1v) is 6.39. The summed E-state index contributed by atoms with van der Waals surface area (Å²) >= 11 is 0. The summed E-state index contributed by atoms with van der Waals surface area (Å²) in [4.78, 5) is 23.2. The van der Waals surface area contributed by atoms with Gasteiger partial charge in [0.05, 0.1) is 6.42 Å². The molecule has 0 radical (unpaired) electrons. The molecule has 0 spiro atoms. The molecule has 0 saturated carbocycles. The Morgan fingerprint density at radius 3 is 1.95 bits per heavy atom. The molecular formula is C16H16N2O2. The zero-order valence-electron chi connectivity index (χ0n) is 11.0. The van der Waals surface area contributed by atoms with Gasteiger partial charge < -0.3 is 5.32 Å². The Kier molecular flexibility index (Phi) is 4.89. The normalized spacial score (nSPS) is 9.80. The van der Waals surface area contributed by atoms with Crippen LogP contribution in [-0.4, -0.2) is 11.9 Å². The first kappa shape index (κ1) is 13.8. The first-order valence-electron chi connectivity index (χ1n) is 6.39. The van der Waals surface area contributed by atoms with E-state index in [9.17, 15) is 9.59 Å². The molecule has 0 bridgehead atoms. The Labute approximate surface area is 117 Å². The molecule has 2 aromatic carbocycles. The molecule has 2 rings (SSSR count). The summed E-state index contributed by atoms with van der Waals surface area (Å²) in [5, 5.41) is 4.95. The summed E-state index contributed by atoms with van der Waals surface area (Å²) in [7, 11) is 0. The number of hydrogen-bond donors (Lipinski definition) is 2. The van der Waals surface area contributed by atoms with Gasteiger partial charge >= 0.3 is 6.03 Å². The second-order valence-electron chi connectivity index (χ2n) is 4.38. The zero-order valence-corrected chi connectivity index (χ0v) is 11.0. The number of nitrogens with one attached hydrogen (secondary N) is 2. The van der Waals surface area contributed by atoms with Crippen LogP contribution in [0, 0.1) is 0 Å². The Morgan fingerprint density at radius 1 is 0.800 bits per heavy atom. The summed E-state index contributed by atoms with van der Waals surface area (Å²) in [6.45, 7) is 0.394. The maximum Gasteiger partial charge on any atom is 0.321 e. The van der Waals surface area contributed by atoms with Gasteiger partial charge in [0, 0.05) is 6.54 Å². The van der Waals surface area contributed by atoms with Crippen molar-refractivity contribution >= 4 is 11.9 Å². The molecule has 0 aliphatic carbocycles. The zero-order chi connectivity index (χ0) is 14.2. The van der Waals surface area contributed by atoms with Crippen LogP contribution in [0.5, 0.6) is 0 Å². The summed E-state index contributed by atoms with van der Waals surface area (Å²) < 4.78 is 0. The van der Waals surface area contributed by atoms with Crippen LogP contribution in [0.25, 0.3) is 0 Å². The predicted octanol–water partition coefficient (Wildman–Crippen LogP) is 2.26. The topological polar surface area (TPSA) is 58.2 Å². The van der Waals surface area contributed by atoms with E-state index in [2.05, 4.69) is 10.6 Å². The molecule has 0 saturated heterocycles. The highest BCUT2D eigenvalue weighted by Gasteiger charge is 2.07. The van der Waals surface area contributed by atoms with E-state index in [1.165, 1.54) is 0 Å². The van der Waals surface area contributed by atoms with Gasteiger partial charge in [0.25, 0.3) is 0 Å². The Bertz CT molecular complexity index is 568. The van der Waals surface area contributed by atoms with Crippen molar-refractivity contribution in [3.63, 3.8) is 0 Å². The molecule has 0 unspecified atom stereocenters. The highest BCUT2D eigenvalue weighted by molar-refractivity contribution is 5.95. The predicted molar refractivity (Wildman–Crippen MR) is 77.0 cm³/mol. The lowest BCUT2D eigenvalue weighted by Gasteiger charge is -2.06. The third-order valence-corrected chi connectivity index (χ3v) is 2.76. The molecule has 0 aromatic heterocycles. The van der Waals surface area contributed by atoms with Crippen LogP contribution >= 0.6 is 0 Å². The van der Waals surface area contributed by atoms with Crippen LogP contribution in [0.2, 0.25) is 0 Å². The Balaban J connectivity index is 1.75. The molecule has 0 atom stereocenters. The van der Waals surface area contributed by atoms with Gasteiger partial charge in [-0.3, -0.25) is 10.1 Å². The minimum atomic E-state index is -0.477. The van der Waals surface area contributed by atoms with Crippen LogP contribution in [-0.2, 0) is 17.8 Å². The molecule has 20 heavy (non-hydrogen) atoms. The molecule has 0 heterocycles. The number of benzene rings is 2. The third-order valence-electron chi connectivity index (χ3n) is 2.76. The van der Waals surface area contributed by atoms with Gasteiger partial charge in [-0.05, 0) is 11.1 Å². The molecule has 2 N–H and O–H groups in total. The SMILES string of the molecule is O=C(Cc1ccccc1)NC(=O)NCc1ccccc1. The number of hydrogen-bond acceptors (Lipinski definition) is 2. The van der Waals surface area contributed by atoms with Crippen molar-refractivity contribution < 1.29 is 9.59 Å². The number of imide groups is 1. The molecule has 2 aromatic rings. The summed E-state index contributed by atoms with van der Waals surface area (Å²) in [5.41, 5.74) is 1.86. The highest BCUT2D eigenvalue weighted by atomic mass is 16.2. The van der Waals surface area contributed by atoms with E-state index < -0.39 is 6.03 Å². The van der Waals surface area contributed by atoms with Crippen LogP contribution in [0.1, 0.15) is 11.1 Å². The molecule has 3 amide bonds. The van der Waals surface area contributed by atoms with Crippen molar-refractivity contribution in [2.45, 2.75) is 13.0 Å². The molecule has 0 fully saturated rings. The Hall–Kier alpha value is -2.62. The van der Waals surface area contributed by atoms with Gasteiger partial charge in [-0.25, -0.2) is 4.79 Å². The van der Waals surface area contributed by atoms with Crippen molar-refractivity contribution in [1.82, 2.24) is 10.6 Å². The second kappa shape index (κ2) is 7.09. The fourth-order valence-electron chi connectivity index (χ4n) is 1.77. The van der Waals surface area contributed by atoms with Gasteiger partial charge in [-0.15, -0.1) is 0 Å². The van der Waals surface area contributed by atoms with Crippen molar-refractivity contribution in [3.8, 4) is 0 Å². The monoisotopic (exact) mass is 268 g/mol. The standard InChI is InChI=1S/C16H16N2O2/c19-15(11-13-7-3-1-4-8-13)18-16(20)17-12-14-9-5-2-6-10-14/h1-10H,11-12H2,(H2,17,18,19,20). The number of carbonyl (C=O) groups is 2. The van der Waals surface area contributed by atoms with Crippen molar-refractivity contribution in [2.24, 2.45) is 0 Å². The minimum Gasteiger partial charge on any atom is -0.334 e. The maximum absolute atomic E-state index is 11.7. The summed E-state index contributed by atoms with van der Waals surface area (Å²) in [6, 6.07) is 18.3. The van der Waals surface area contributed by atoms with Gasteiger partial charge in [0.1, 0.15) is 0 Å².